The van der Waals surface area contributed by atoms with E-state index in [0.717, 1.165) is 12.1 Å². The summed E-state index contributed by atoms with van der Waals surface area (Å²) >= 11 is 6.23. The number of aryl methyl sites for hydroxylation is 1. The lowest BCUT2D eigenvalue weighted by Gasteiger charge is -2.13. The fraction of sp³-hybridized carbons (Fsp3) is 0.200. The van der Waals surface area contributed by atoms with Gasteiger partial charge in [-0.1, -0.05) is 17.7 Å². The van der Waals surface area contributed by atoms with Crippen molar-refractivity contribution < 1.29 is 26.8 Å². The second-order valence-electron chi connectivity index (χ2n) is 6.91. The monoisotopic (exact) mass is 487 g/mol. The number of fused-ring (bicyclic) bond motifs is 1. The number of rotatable bonds is 4. The van der Waals surface area contributed by atoms with E-state index in [0.29, 0.717) is 16.5 Å². The molecule has 7 nitrogen and oxygen atoms in total. The first-order valence-electron chi connectivity index (χ1n) is 8.76. The van der Waals surface area contributed by atoms with Crippen molar-refractivity contribution in [1.82, 2.24) is 4.90 Å². The molecule has 3 aromatic rings. The van der Waals surface area contributed by atoms with Gasteiger partial charge < -0.3 is 14.1 Å². The summed E-state index contributed by atoms with van der Waals surface area (Å²) in [4.78, 5) is 24.9. The van der Waals surface area contributed by atoms with Crippen molar-refractivity contribution in [3.8, 4) is 5.75 Å². The number of halogens is 3. The Hall–Kier alpha value is -2.62. The molecule has 0 N–H and O–H groups in total. The van der Waals surface area contributed by atoms with Crippen LogP contribution in [0.15, 0.2) is 44.4 Å². The number of benzene rings is 2. The molecule has 0 atom stereocenters. The average molecular weight is 488 g/mol. The molecule has 0 saturated carbocycles. The summed E-state index contributed by atoms with van der Waals surface area (Å²) in [6, 6.07) is 6.21. The topological polar surface area (TPSA) is 93.9 Å². The molecule has 164 valence electrons. The fourth-order valence-corrected chi connectivity index (χ4v) is 4.06. The van der Waals surface area contributed by atoms with Gasteiger partial charge in [-0.2, -0.15) is 0 Å². The van der Waals surface area contributed by atoms with Gasteiger partial charge in [-0.15, -0.1) is 0 Å². The number of hydrogen-bond donors (Lipinski definition) is 0. The van der Waals surface area contributed by atoms with Gasteiger partial charge in [-0.25, -0.2) is 22.4 Å². The molecule has 0 unspecified atom stereocenters. The second kappa shape index (κ2) is 8.49. The SMILES string of the molecule is Cc1c(Cc2ccc(F)c(S(=O)(=O)Cl)c2)c(=O)oc2cc(OC(=O)N(C)C)c(Cl)cc12. The van der Waals surface area contributed by atoms with Crippen LogP contribution >= 0.6 is 22.3 Å². The van der Waals surface area contributed by atoms with E-state index < -0.39 is 31.5 Å². The van der Waals surface area contributed by atoms with Crippen LogP contribution in [0.3, 0.4) is 0 Å². The van der Waals surface area contributed by atoms with Crippen molar-refractivity contribution in [3.63, 3.8) is 0 Å². The Morgan fingerprint density at radius 2 is 1.90 bits per heavy atom. The summed E-state index contributed by atoms with van der Waals surface area (Å²) in [7, 11) is 3.98. The minimum absolute atomic E-state index is 0.0265. The third kappa shape index (κ3) is 4.84. The molecular formula is C20H16Cl2FNO6S. The normalized spacial score (nSPS) is 11.5. The van der Waals surface area contributed by atoms with Crippen LogP contribution in [-0.4, -0.2) is 33.5 Å². The lowest BCUT2D eigenvalue weighted by Crippen LogP contribution is -2.25. The zero-order chi connectivity index (χ0) is 23.1. The van der Waals surface area contributed by atoms with E-state index in [1.54, 1.807) is 6.92 Å². The minimum Gasteiger partial charge on any atom is -0.422 e. The van der Waals surface area contributed by atoms with Crippen molar-refractivity contribution >= 4 is 48.4 Å². The number of ether oxygens (including phenoxy) is 1. The van der Waals surface area contributed by atoms with E-state index >= 15 is 0 Å². The average Bonchev–Trinajstić information content (AvgIpc) is 2.66. The number of carbonyl (C=O) groups excluding carboxylic acids is 1. The van der Waals surface area contributed by atoms with Gasteiger partial charge in [0, 0.05) is 48.2 Å². The highest BCUT2D eigenvalue weighted by atomic mass is 35.7. The maximum absolute atomic E-state index is 13.8. The first-order valence-corrected chi connectivity index (χ1v) is 11.4. The molecule has 0 bridgehead atoms. The van der Waals surface area contributed by atoms with E-state index in [-0.39, 0.29) is 28.3 Å². The number of carbonyl (C=O) groups is 1. The predicted molar refractivity (Wildman–Crippen MR) is 114 cm³/mol. The Morgan fingerprint density at radius 3 is 2.52 bits per heavy atom. The van der Waals surface area contributed by atoms with Gasteiger partial charge in [0.15, 0.2) is 5.75 Å². The molecule has 0 fully saturated rings. The first kappa shape index (κ1) is 23.1. The molecule has 1 amide bonds. The van der Waals surface area contributed by atoms with E-state index in [2.05, 4.69) is 0 Å². The molecule has 0 saturated heterocycles. The molecule has 0 aliphatic rings. The van der Waals surface area contributed by atoms with Crippen LogP contribution in [0.2, 0.25) is 5.02 Å². The third-order valence-corrected chi connectivity index (χ3v) is 6.17. The van der Waals surface area contributed by atoms with Gasteiger partial charge in [0.05, 0.1) is 5.02 Å². The zero-order valence-corrected chi connectivity index (χ0v) is 18.9. The lowest BCUT2D eigenvalue weighted by molar-refractivity contribution is 0.172. The van der Waals surface area contributed by atoms with Gasteiger partial charge in [-0.3, -0.25) is 0 Å². The summed E-state index contributed by atoms with van der Waals surface area (Å²) in [5.74, 6) is -0.966. The summed E-state index contributed by atoms with van der Waals surface area (Å²) in [5.41, 5.74) is 0.569. The van der Waals surface area contributed by atoms with E-state index in [1.165, 1.54) is 37.2 Å². The van der Waals surface area contributed by atoms with E-state index in [9.17, 15) is 22.4 Å². The van der Waals surface area contributed by atoms with Crippen LogP contribution in [0.5, 0.6) is 5.75 Å². The molecule has 11 heteroatoms. The lowest BCUT2D eigenvalue weighted by atomic mass is 9.99. The maximum atomic E-state index is 13.8. The third-order valence-electron chi connectivity index (χ3n) is 4.54. The Morgan fingerprint density at radius 1 is 1.23 bits per heavy atom. The van der Waals surface area contributed by atoms with Crippen molar-refractivity contribution in [2.24, 2.45) is 0 Å². The molecule has 1 aromatic heterocycles. The Kier molecular flexibility index (Phi) is 6.31. The zero-order valence-electron chi connectivity index (χ0n) is 16.5. The standard InChI is InChI=1S/C20H16Cl2FNO6S/c1-10-12-8-14(21)17(30-20(26)24(2)3)9-16(12)29-19(25)13(10)6-11-4-5-15(23)18(7-11)31(22,27)28/h4-5,7-9H,6H2,1-3H3. The van der Waals surface area contributed by atoms with Crippen molar-refractivity contribution in [1.29, 1.82) is 0 Å². The predicted octanol–water partition coefficient (Wildman–Crippen LogP) is 4.47. The van der Waals surface area contributed by atoms with Crippen molar-refractivity contribution in [2.75, 3.05) is 14.1 Å². The molecular weight excluding hydrogens is 472 g/mol. The minimum atomic E-state index is -4.30. The van der Waals surface area contributed by atoms with Crippen molar-refractivity contribution in [2.45, 2.75) is 18.2 Å². The molecule has 1 heterocycles. The summed E-state index contributed by atoms with van der Waals surface area (Å²) in [6.07, 6.45) is -0.683. The van der Waals surface area contributed by atoms with Gasteiger partial charge >= 0.3 is 11.7 Å². The first-order chi connectivity index (χ1) is 14.4. The smallest absolute Gasteiger partial charge is 0.414 e. The Labute approximate surface area is 186 Å². The van der Waals surface area contributed by atoms with Crippen LogP contribution in [0.25, 0.3) is 11.0 Å². The maximum Gasteiger partial charge on any atom is 0.414 e. The summed E-state index contributed by atoms with van der Waals surface area (Å²) in [6.45, 7) is 1.67. The number of nitrogens with zero attached hydrogens (tertiary/aromatic N) is 1. The van der Waals surface area contributed by atoms with Gasteiger partial charge in [-0.05, 0) is 36.2 Å². The molecule has 0 radical (unpaired) electrons. The van der Waals surface area contributed by atoms with E-state index in [1.807, 2.05) is 0 Å². The molecule has 0 aliphatic heterocycles. The quantitative estimate of drug-likeness (QED) is 0.397. The molecule has 0 spiro atoms. The van der Waals surface area contributed by atoms with Crippen LogP contribution in [0, 0.1) is 12.7 Å². The molecule has 2 aromatic carbocycles. The van der Waals surface area contributed by atoms with Crippen LogP contribution in [0.1, 0.15) is 16.7 Å². The van der Waals surface area contributed by atoms with Gasteiger partial charge in [0.1, 0.15) is 16.3 Å². The molecule has 31 heavy (non-hydrogen) atoms. The van der Waals surface area contributed by atoms with Crippen LogP contribution in [0.4, 0.5) is 9.18 Å². The van der Waals surface area contributed by atoms with Crippen molar-refractivity contribution in [3.05, 3.63) is 68.3 Å². The Bertz CT molecular complexity index is 1370. The largest absolute Gasteiger partial charge is 0.422 e. The Balaban J connectivity index is 2.07. The van der Waals surface area contributed by atoms with Crippen LogP contribution in [-0.2, 0) is 15.5 Å². The number of hydrogen-bond acceptors (Lipinski definition) is 6. The van der Waals surface area contributed by atoms with Gasteiger partial charge in [0.2, 0.25) is 0 Å². The molecule has 0 aliphatic carbocycles. The highest BCUT2D eigenvalue weighted by Gasteiger charge is 2.20. The highest BCUT2D eigenvalue weighted by molar-refractivity contribution is 8.13. The van der Waals surface area contributed by atoms with Gasteiger partial charge in [0.25, 0.3) is 9.05 Å². The number of amides is 1. The summed E-state index contributed by atoms with van der Waals surface area (Å²) in [5, 5.41) is 0.624. The molecule has 3 rings (SSSR count). The highest BCUT2D eigenvalue weighted by Crippen LogP contribution is 2.33. The van der Waals surface area contributed by atoms with Crippen LogP contribution < -0.4 is 10.4 Å². The second-order valence-corrected chi connectivity index (χ2v) is 9.86. The fourth-order valence-electron chi connectivity index (χ4n) is 2.91. The van der Waals surface area contributed by atoms with E-state index in [4.69, 9.17) is 31.4 Å². The summed E-state index contributed by atoms with van der Waals surface area (Å²) < 4.78 is 47.4.